The van der Waals surface area contributed by atoms with Crippen LogP contribution in [0, 0.1) is 0 Å². The summed E-state index contributed by atoms with van der Waals surface area (Å²) >= 11 is 0. The Balaban J connectivity index is 2.00. The molecule has 0 saturated carbocycles. The third-order valence-corrected chi connectivity index (χ3v) is 2.94. The number of benzene rings is 1. The molecule has 0 radical (unpaired) electrons. The largest absolute Gasteiger partial charge is 0.478 e. The van der Waals surface area contributed by atoms with Gasteiger partial charge in [-0.05, 0) is 43.7 Å². The van der Waals surface area contributed by atoms with Crippen LogP contribution in [0.4, 0.5) is 5.69 Å². The van der Waals surface area contributed by atoms with E-state index < -0.39 is 0 Å². The van der Waals surface area contributed by atoms with Gasteiger partial charge in [-0.1, -0.05) is 12.1 Å². The predicted octanol–water partition coefficient (Wildman–Crippen LogP) is 2.23. The topological polar surface area (TPSA) is 77.2 Å². The molecule has 5 heteroatoms. The van der Waals surface area contributed by atoms with Crippen LogP contribution >= 0.6 is 0 Å². The van der Waals surface area contributed by atoms with Gasteiger partial charge in [0.25, 0.3) is 5.91 Å². The highest BCUT2D eigenvalue weighted by Crippen LogP contribution is 2.13. The van der Waals surface area contributed by atoms with E-state index in [1.165, 1.54) is 0 Å². The lowest BCUT2D eigenvalue weighted by atomic mass is 10.1. The van der Waals surface area contributed by atoms with Crippen molar-refractivity contribution in [3.63, 3.8) is 0 Å². The van der Waals surface area contributed by atoms with E-state index in [0.717, 1.165) is 12.0 Å². The molecular formula is C16H19N3O2. The lowest BCUT2D eigenvalue weighted by Crippen LogP contribution is -2.12. The number of nitrogens with one attached hydrogen (secondary N) is 1. The first-order valence-electron chi connectivity index (χ1n) is 6.92. The van der Waals surface area contributed by atoms with Crippen molar-refractivity contribution in [2.45, 2.75) is 13.3 Å². The second-order valence-corrected chi connectivity index (χ2v) is 4.51. The molecule has 0 fully saturated rings. The minimum absolute atomic E-state index is 0.166. The number of ether oxygens (including phenoxy) is 1. The molecular weight excluding hydrogens is 266 g/mol. The Morgan fingerprint density at radius 1 is 1.24 bits per heavy atom. The Hall–Kier alpha value is -2.40. The number of rotatable bonds is 6. The summed E-state index contributed by atoms with van der Waals surface area (Å²) in [5.74, 6) is 0.377. The van der Waals surface area contributed by atoms with Gasteiger partial charge < -0.3 is 15.8 Å². The van der Waals surface area contributed by atoms with E-state index in [-0.39, 0.29) is 5.91 Å². The highest BCUT2D eigenvalue weighted by Gasteiger charge is 2.06. The standard InChI is InChI=1S/C16H19N3O2/c1-2-21-15-8-7-14(11-18-15)19-16(20)13-5-3-12(4-6-13)9-10-17/h3-8,11H,2,9-10,17H2,1H3,(H,19,20). The molecule has 21 heavy (non-hydrogen) atoms. The second kappa shape index (κ2) is 7.40. The van der Waals surface area contributed by atoms with Crippen LogP contribution in [0.25, 0.3) is 0 Å². The van der Waals surface area contributed by atoms with Gasteiger partial charge in [0.05, 0.1) is 18.5 Å². The fraction of sp³-hybridized carbons (Fsp3) is 0.250. The Kier molecular flexibility index (Phi) is 5.29. The second-order valence-electron chi connectivity index (χ2n) is 4.51. The van der Waals surface area contributed by atoms with E-state index in [4.69, 9.17) is 10.5 Å². The number of anilines is 1. The van der Waals surface area contributed by atoms with Gasteiger partial charge in [0.1, 0.15) is 0 Å². The molecule has 5 nitrogen and oxygen atoms in total. The lowest BCUT2D eigenvalue weighted by Gasteiger charge is -2.07. The van der Waals surface area contributed by atoms with Gasteiger partial charge in [-0.2, -0.15) is 0 Å². The summed E-state index contributed by atoms with van der Waals surface area (Å²) in [6, 6.07) is 10.9. The monoisotopic (exact) mass is 285 g/mol. The number of amides is 1. The van der Waals surface area contributed by atoms with Crippen LogP contribution in [0.3, 0.4) is 0 Å². The van der Waals surface area contributed by atoms with Crippen molar-refractivity contribution in [1.82, 2.24) is 4.98 Å². The molecule has 1 amide bonds. The van der Waals surface area contributed by atoms with Crippen molar-refractivity contribution in [2.24, 2.45) is 5.73 Å². The Morgan fingerprint density at radius 3 is 2.57 bits per heavy atom. The van der Waals surface area contributed by atoms with E-state index in [0.29, 0.717) is 30.3 Å². The zero-order valence-corrected chi connectivity index (χ0v) is 12.0. The number of aromatic nitrogens is 1. The summed E-state index contributed by atoms with van der Waals surface area (Å²) in [7, 11) is 0. The molecule has 0 unspecified atom stereocenters. The third-order valence-electron chi connectivity index (χ3n) is 2.94. The highest BCUT2D eigenvalue weighted by atomic mass is 16.5. The van der Waals surface area contributed by atoms with Crippen molar-refractivity contribution < 1.29 is 9.53 Å². The minimum atomic E-state index is -0.166. The number of nitrogens with two attached hydrogens (primary N) is 1. The van der Waals surface area contributed by atoms with Crippen LogP contribution in [-0.2, 0) is 6.42 Å². The number of hydrogen-bond donors (Lipinski definition) is 2. The zero-order valence-electron chi connectivity index (χ0n) is 12.0. The van der Waals surface area contributed by atoms with Gasteiger partial charge in [-0.25, -0.2) is 4.98 Å². The van der Waals surface area contributed by atoms with Crippen LogP contribution < -0.4 is 15.8 Å². The van der Waals surface area contributed by atoms with Crippen molar-refractivity contribution in [3.05, 3.63) is 53.7 Å². The molecule has 1 aromatic carbocycles. The number of pyridine rings is 1. The van der Waals surface area contributed by atoms with E-state index in [2.05, 4.69) is 10.3 Å². The van der Waals surface area contributed by atoms with Crippen LogP contribution in [0.5, 0.6) is 5.88 Å². The van der Waals surface area contributed by atoms with Crippen molar-refractivity contribution >= 4 is 11.6 Å². The minimum Gasteiger partial charge on any atom is -0.478 e. The molecule has 0 saturated heterocycles. The summed E-state index contributed by atoms with van der Waals surface area (Å²) in [5.41, 5.74) is 7.86. The average molecular weight is 285 g/mol. The number of nitrogens with zero attached hydrogens (tertiary/aromatic N) is 1. The fourth-order valence-electron chi connectivity index (χ4n) is 1.88. The molecule has 2 rings (SSSR count). The average Bonchev–Trinajstić information content (AvgIpc) is 2.50. The molecule has 0 aliphatic rings. The quantitative estimate of drug-likeness (QED) is 0.853. The molecule has 1 aromatic heterocycles. The third kappa shape index (κ3) is 4.29. The molecule has 3 N–H and O–H groups in total. The van der Waals surface area contributed by atoms with Crippen LogP contribution in [0.2, 0.25) is 0 Å². The molecule has 0 spiro atoms. The number of hydrogen-bond acceptors (Lipinski definition) is 4. The maximum Gasteiger partial charge on any atom is 0.255 e. The van der Waals surface area contributed by atoms with Crippen LogP contribution in [0.15, 0.2) is 42.6 Å². The first-order chi connectivity index (χ1) is 10.2. The summed E-state index contributed by atoms with van der Waals surface area (Å²) in [4.78, 5) is 16.2. The van der Waals surface area contributed by atoms with E-state index in [1.807, 2.05) is 19.1 Å². The number of carbonyl (C=O) groups is 1. The zero-order chi connectivity index (χ0) is 15.1. The molecule has 110 valence electrons. The van der Waals surface area contributed by atoms with Crippen molar-refractivity contribution in [3.8, 4) is 5.88 Å². The summed E-state index contributed by atoms with van der Waals surface area (Å²) in [5, 5.41) is 2.80. The number of carbonyl (C=O) groups excluding carboxylic acids is 1. The molecule has 0 bridgehead atoms. The molecule has 0 aliphatic heterocycles. The van der Waals surface area contributed by atoms with Crippen molar-refractivity contribution in [2.75, 3.05) is 18.5 Å². The maximum absolute atomic E-state index is 12.1. The lowest BCUT2D eigenvalue weighted by molar-refractivity contribution is 0.102. The molecule has 0 aliphatic carbocycles. The van der Waals surface area contributed by atoms with E-state index >= 15 is 0 Å². The van der Waals surface area contributed by atoms with Gasteiger partial charge in [-0.3, -0.25) is 4.79 Å². The van der Waals surface area contributed by atoms with Gasteiger partial charge >= 0.3 is 0 Å². The molecule has 1 heterocycles. The normalized spacial score (nSPS) is 10.2. The van der Waals surface area contributed by atoms with Gasteiger partial charge in [0.2, 0.25) is 5.88 Å². The van der Waals surface area contributed by atoms with Gasteiger partial charge in [-0.15, -0.1) is 0 Å². The van der Waals surface area contributed by atoms with Crippen LogP contribution in [0.1, 0.15) is 22.8 Å². The van der Waals surface area contributed by atoms with Crippen LogP contribution in [-0.4, -0.2) is 24.0 Å². The van der Waals surface area contributed by atoms with Gasteiger partial charge in [0, 0.05) is 11.6 Å². The van der Waals surface area contributed by atoms with E-state index in [1.54, 1.807) is 30.5 Å². The highest BCUT2D eigenvalue weighted by molar-refractivity contribution is 6.04. The Bertz CT molecular complexity index is 579. The first-order valence-corrected chi connectivity index (χ1v) is 6.92. The smallest absolute Gasteiger partial charge is 0.255 e. The molecule has 0 atom stereocenters. The van der Waals surface area contributed by atoms with Crippen molar-refractivity contribution in [1.29, 1.82) is 0 Å². The van der Waals surface area contributed by atoms with Gasteiger partial charge in [0.15, 0.2) is 0 Å². The fourth-order valence-corrected chi connectivity index (χ4v) is 1.88. The Labute approximate surface area is 124 Å². The summed E-state index contributed by atoms with van der Waals surface area (Å²) in [6.07, 6.45) is 2.39. The first kappa shape index (κ1) is 15.0. The Morgan fingerprint density at radius 2 is 2.00 bits per heavy atom. The summed E-state index contributed by atoms with van der Waals surface area (Å²) < 4.78 is 5.25. The predicted molar refractivity (Wildman–Crippen MR) is 82.6 cm³/mol. The van der Waals surface area contributed by atoms with E-state index in [9.17, 15) is 4.79 Å². The molecule has 2 aromatic rings. The maximum atomic E-state index is 12.1. The SMILES string of the molecule is CCOc1ccc(NC(=O)c2ccc(CCN)cc2)cn1. The summed E-state index contributed by atoms with van der Waals surface area (Å²) in [6.45, 7) is 3.06.